The van der Waals surface area contributed by atoms with E-state index in [1.165, 1.54) is 0 Å². The van der Waals surface area contributed by atoms with Gasteiger partial charge >= 0.3 is 0 Å². The van der Waals surface area contributed by atoms with Gasteiger partial charge in [0.05, 0.1) is 0 Å². The number of amides is 1. The van der Waals surface area contributed by atoms with Crippen LogP contribution in [0, 0.1) is 0 Å². The zero-order chi connectivity index (χ0) is 9.68. The van der Waals surface area contributed by atoms with Crippen LogP contribution in [-0.2, 0) is 6.42 Å². The third-order valence-electron chi connectivity index (χ3n) is 1.70. The number of rotatable bonds is 3. The Morgan fingerprint density at radius 1 is 1.46 bits per heavy atom. The number of hydrogen-bond donors (Lipinski definition) is 2. The lowest BCUT2D eigenvalue weighted by Crippen LogP contribution is -2.18. The Bertz CT molecular complexity index is 303. The van der Waals surface area contributed by atoms with Crippen molar-refractivity contribution in [3.05, 3.63) is 48.0 Å². The highest BCUT2D eigenvalue weighted by Gasteiger charge is 2.01. The summed E-state index contributed by atoms with van der Waals surface area (Å²) in [5, 5.41) is 8.35. The van der Waals surface area contributed by atoms with Gasteiger partial charge in [-0.1, -0.05) is 18.2 Å². The SMILES string of the molecule is C=CCc1ccc(C(=O)NO)cc1. The topological polar surface area (TPSA) is 49.3 Å². The van der Waals surface area contributed by atoms with E-state index in [0.29, 0.717) is 5.56 Å². The molecule has 1 rings (SSSR count). The fourth-order valence-electron chi connectivity index (χ4n) is 1.02. The Morgan fingerprint density at radius 3 is 2.54 bits per heavy atom. The summed E-state index contributed by atoms with van der Waals surface area (Å²) in [7, 11) is 0. The molecule has 0 atom stereocenters. The van der Waals surface area contributed by atoms with Crippen molar-refractivity contribution in [1.82, 2.24) is 5.48 Å². The summed E-state index contributed by atoms with van der Waals surface area (Å²) < 4.78 is 0. The maximum Gasteiger partial charge on any atom is 0.274 e. The van der Waals surface area contributed by atoms with Gasteiger partial charge in [-0.15, -0.1) is 6.58 Å². The highest BCUT2D eigenvalue weighted by molar-refractivity contribution is 5.93. The number of nitrogens with one attached hydrogen (secondary N) is 1. The van der Waals surface area contributed by atoms with E-state index in [4.69, 9.17) is 5.21 Å². The Hall–Kier alpha value is -1.61. The van der Waals surface area contributed by atoms with Gasteiger partial charge in [0, 0.05) is 5.56 Å². The summed E-state index contributed by atoms with van der Waals surface area (Å²) in [4.78, 5) is 10.9. The van der Waals surface area contributed by atoms with E-state index in [1.807, 2.05) is 12.1 Å². The molecule has 0 unspecified atom stereocenters. The molecule has 0 saturated carbocycles. The van der Waals surface area contributed by atoms with Crippen molar-refractivity contribution < 1.29 is 10.0 Å². The summed E-state index contributed by atoms with van der Waals surface area (Å²) in [6, 6.07) is 6.97. The summed E-state index contributed by atoms with van der Waals surface area (Å²) in [6.45, 7) is 3.61. The Labute approximate surface area is 76.7 Å². The minimum atomic E-state index is -0.495. The highest BCUT2D eigenvalue weighted by atomic mass is 16.5. The van der Waals surface area contributed by atoms with E-state index in [2.05, 4.69) is 6.58 Å². The first-order valence-corrected chi connectivity index (χ1v) is 3.92. The van der Waals surface area contributed by atoms with Crippen molar-refractivity contribution >= 4 is 5.91 Å². The van der Waals surface area contributed by atoms with Gasteiger partial charge in [0.25, 0.3) is 5.91 Å². The number of allylic oxidation sites excluding steroid dienone is 1. The van der Waals surface area contributed by atoms with Gasteiger partial charge in [-0.3, -0.25) is 10.0 Å². The molecule has 0 aliphatic heterocycles. The van der Waals surface area contributed by atoms with Crippen molar-refractivity contribution in [1.29, 1.82) is 0 Å². The van der Waals surface area contributed by atoms with E-state index < -0.39 is 5.91 Å². The summed E-state index contributed by atoms with van der Waals surface area (Å²) >= 11 is 0. The predicted molar refractivity (Wildman–Crippen MR) is 49.6 cm³/mol. The van der Waals surface area contributed by atoms with Crippen molar-refractivity contribution in [2.75, 3.05) is 0 Å². The standard InChI is InChI=1S/C10H11NO2/c1-2-3-8-4-6-9(7-5-8)10(12)11-13/h2,4-7,13H,1,3H2,(H,11,12). The van der Waals surface area contributed by atoms with Crippen LogP contribution < -0.4 is 5.48 Å². The van der Waals surface area contributed by atoms with Crippen molar-refractivity contribution in [2.24, 2.45) is 0 Å². The lowest BCUT2D eigenvalue weighted by atomic mass is 10.1. The molecule has 1 aromatic rings. The molecule has 3 heteroatoms. The van der Waals surface area contributed by atoms with Crippen LogP contribution >= 0.6 is 0 Å². The molecule has 0 aromatic heterocycles. The first kappa shape index (κ1) is 9.48. The van der Waals surface area contributed by atoms with Crippen LogP contribution in [0.3, 0.4) is 0 Å². The van der Waals surface area contributed by atoms with E-state index in [1.54, 1.807) is 23.7 Å². The van der Waals surface area contributed by atoms with Crippen LogP contribution in [0.2, 0.25) is 0 Å². The number of hydrogen-bond acceptors (Lipinski definition) is 2. The molecule has 0 heterocycles. The first-order valence-electron chi connectivity index (χ1n) is 3.92. The third kappa shape index (κ3) is 2.42. The fourth-order valence-corrected chi connectivity index (χ4v) is 1.02. The molecule has 68 valence electrons. The van der Waals surface area contributed by atoms with Gasteiger partial charge in [-0.25, -0.2) is 5.48 Å². The fraction of sp³-hybridized carbons (Fsp3) is 0.100. The molecule has 0 aliphatic carbocycles. The lowest BCUT2D eigenvalue weighted by molar-refractivity contribution is 0.0706. The molecule has 3 nitrogen and oxygen atoms in total. The molecular weight excluding hydrogens is 166 g/mol. The molecule has 1 aromatic carbocycles. The second-order valence-corrected chi connectivity index (χ2v) is 2.63. The van der Waals surface area contributed by atoms with E-state index in [-0.39, 0.29) is 0 Å². The van der Waals surface area contributed by atoms with Gasteiger partial charge in [0.2, 0.25) is 0 Å². The Kier molecular flexibility index (Phi) is 3.23. The average molecular weight is 177 g/mol. The van der Waals surface area contributed by atoms with Crippen LogP contribution in [0.15, 0.2) is 36.9 Å². The van der Waals surface area contributed by atoms with E-state index >= 15 is 0 Å². The zero-order valence-electron chi connectivity index (χ0n) is 7.16. The van der Waals surface area contributed by atoms with Crippen LogP contribution in [-0.4, -0.2) is 11.1 Å². The normalized spacial score (nSPS) is 9.31. The second-order valence-electron chi connectivity index (χ2n) is 2.63. The van der Waals surface area contributed by atoms with Crippen LogP contribution in [0.1, 0.15) is 15.9 Å². The lowest BCUT2D eigenvalue weighted by Gasteiger charge is -1.99. The van der Waals surface area contributed by atoms with Crippen LogP contribution in [0.4, 0.5) is 0 Å². The van der Waals surface area contributed by atoms with Crippen LogP contribution in [0.25, 0.3) is 0 Å². The van der Waals surface area contributed by atoms with Gasteiger partial charge in [-0.2, -0.15) is 0 Å². The van der Waals surface area contributed by atoms with E-state index in [0.717, 1.165) is 12.0 Å². The molecule has 0 spiro atoms. The molecule has 1 amide bonds. The molecule has 0 saturated heterocycles. The monoisotopic (exact) mass is 177 g/mol. The molecule has 0 radical (unpaired) electrons. The average Bonchev–Trinajstić information content (AvgIpc) is 2.18. The van der Waals surface area contributed by atoms with Crippen molar-refractivity contribution in [3.8, 4) is 0 Å². The minimum Gasteiger partial charge on any atom is -0.288 e. The number of hydroxylamine groups is 1. The largest absolute Gasteiger partial charge is 0.288 e. The summed E-state index contributed by atoms with van der Waals surface area (Å²) in [5.74, 6) is -0.495. The molecule has 0 bridgehead atoms. The zero-order valence-corrected chi connectivity index (χ0v) is 7.16. The molecule has 0 aliphatic rings. The maximum absolute atomic E-state index is 10.9. The molecule has 13 heavy (non-hydrogen) atoms. The van der Waals surface area contributed by atoms with Crippen LogP contribution in [0.5, 0.6) is 0 Å². The first-order chi connectivity index (χ1) is 6.27. The Balaban J connectivity index is 2.80. The summed E-state index contributed by atoms with van der Waals surface area (Å²) in [6.07, 6.45) is 2.57. The summed E-state index contributed by atoms with van der Waals surface area (Å²) in [5.41, 5.74) is 3.10. The van der Waals surface area contributed by atoms with Crippen molar-refractivity contribution in [2.45, 2.75) is 6.42 Å². The van der Waals surface area contributed by atoms with Gasteiger partial charge in [0.1, 0.15) is 0 Å². The minimum absolute atomic E-state index is 0.440. The molecular formula is C10H11NO2. The van der Waals surface area contributed by atoms with Gasteiger partial charge in [0.15, 0.2) is 0 Å². The molecule has 2 N–H and O–H groups in total. The van der Waals surface area contributed by atoms with E-state index in [9.17, 15) is 4.79 Å². The predicted octanol–water partition coefficient (Wildman–Crippen LogP) is 1.53. The van der Waals surface area contributed by atoms with Crippen molar-refractivity contribution in [3.63, 3.8) is 0 Å². The Morgan fingerprint density at radius 2 is 2.08 bits per heavy atom. The highest BCUT2D eigenvalue weighted by Crippen LogP contribution is 2.05. The van der Waals surface area contributed by atoms with Gasteiger partial charge < -0.3 is 0 Å². The number of carbonyl (C=O) groups excluding carboxylic acids is 1. The maximum atomic E-state index is 10.9. The third-order valence-corrected chi connectivity index (χ3v) is 1.70. The quantitative estimate of drug-likeness (QED) is 0.418. The number of benzene rings is 1. The molecule has 0 fully saturated rings. The second kappa shape index (κ2) is 4.42. The number of carbonyl (C=O) groups is 1. The smallest absolute Gasteiger partial charge is 0.274 e. The van der Waals surface area contributed by atoms with Gasteiger partial charge in [-0.05, 0) is 24.1 Å².